The highest BCUT2D eigenvalue weighted by Gasteiger charge is 2.47. The van der Waals surface area contributed by atoms with E-state index in [0.717, 1.165) is 30.6 Å². The molecule has 3 N–H and O–H groups in total. The molecule has 1 saturated heterocycles. The molecule has 9 nitrogen and oxygen atoms in total. The summed E-state index contributed by atoms with van der Waals surface area (Å²) >= 11 is 0. The first-order valence-corrected chi connectivity index (χ1v) is 11.4. The highest BCUT2D eigenvalue weighted by atomic mass is 19.3. The number of urea groups is 1. The minimum atomic E-state index is -3.00. The summed E-state index contributed by atoms with van der Waals surface area (Å²) in [5.74, 6) is -0.288. The van der Waals surface area contributed by atoms with Gasteiger partial charge in [-0.1, -0.05) is 6.07 Å². The lowest BCUT2D eigenvalue weighted by Crippen LogP contribution is -2.48. The van der Waals surface area contributed by atoms with Crippen LogP contribution >= 0.6 is 0 Å². The van der Waals surface area contributed by atoms with E-state index in [1.165, 1.54) is 12.3 Å². The molecule has 0 aliphatic carbocycles. The molecule has 1 spiro atoms. The number of amides is 2. The van der Waals surface area contributed by atoms with Crippen molar-refractivity contribution >= 4 is 11.8 Å². The van der Waals surface area contributed by atoms with Gasteiger partial charge in [-0.05, 0) is 50.5 Å². The van der Waals surface area contributed by atoms with E-state index < -0.39 is 12.2 Å². The van der Waals surface area contributed by atoms with E-state index in [2.05, 4.69) is 25.1 Å². The normalized spacial score (nSPS) is 19.4. The SMILES string of the molecule is CC(C)(NC(=O)N1CCC2(CCn3nc(-c4cnc(N)c(OC(F)F)c4)cc32)C1)c1cccnc1. The molecule has 1 unspecified atom stereocenters. The molecule has 5 rings (SSSR count). The van der Waals surface area contributed by atoms with E-state index in [1.54, 1.807) is 12.4 Å². The van der Waals surface area contributed by atoms with Gasteiger partial charge in [0.2, 0.25) is 0 Å². The number of aryl methyl sites for hydroxylation is 1. The topological polar surface area (TPSA) is 111 Å². The van der Waals surface area contributed by atoms with Gasteiger partial charge in [-0.3, -0.25) is 9.67 Å². The van der Waals surface area contributed by atoms with Crippen LogP contribution in [0.4, 0.5) is 19.4 Å². The molecule has 1 atom stereocenters. The number of carbonyl (C=O) groups is 1. The molecule has 3 aromatic heterocycles. The van der Waals surface area contributed by atoms with Crippen LogP contribution in [-0.2, 0) is 17.5 Å². The van der Waals surface area contributed by atoms with E-state index in [9.17, 15) is 13.6 Å². The number of nitrogens with one attached hydrogen (secondary N) is 1. The van der Waals surface area contributed by atoms with Gasteiger partial charge in [0.15, 0.2) is 11.6 Å². The maximum absolute atomic E-state index is 13.1. The monoisotopic (exact) mass is 483 g/mol. The minimum Gasteiger partial charge on any atom is -0.431 e. The van der Waals surface area contributed by atoms with Crippen molar-refractivity contribution in [1.82, 2.24) is 30.0 Å². The van der Waals surface area contributed by atoms with Crippen LogP contribution in [0.5, 0.6) is 5.75 Å². The van der Waals surface area contributed by atoms with Gasteiger partial charge in [-0.25, -0.2) is 9.78 Å². The lowest BCUT2D eigenvalue weighted by Gasteiger charge is -2.30. The number of anilines is 1. The predicted molar refractivity (Wildman–Crippen MR) is 125 cm³/mol. The standard InChI is InChI=1S/C24H27F2N7O2/c1-23(2,16-4-3-7-28-13-16)30-22(34)32-8-5-24(14-32)6-9-33-19(24)11-17(31-33)15-10-18(35-21(25)26)20(27)29-12-15/h3-4,7,10-13,21H,5-6,8-9,14H2,1-2H3,(H2,27,29)(H,30,34). The van der Waals surface area contributed by atoms with Crippen LogP contribution in [0, 0.1) is 0 Å². The van der Waals surface area contributed by atoms with Gasteiger partial charge in [-0.2, -0.15) is 13.9 Å². The molecule has 5 heterocycles. The second kappa shape index (κ2) is 8.47. The molecule has 0 aromatic carbocycles. The third kappa shape index (κ3) is 4.26. The van der Waals surface area contributed by atoms with Crippen molar-refractivity contribution < 1.29 is 18.3 Å². The summed E-state index contributed by atoms with van der Waals surface area (Å²) in [6.45, 7) is 2.84. The number of ether oxygens (including phenoxy) is 1. The quantitative estimate of drug-likeness (QED) is 0.575. The molecule has 3 aromatic rings. The van der Waals surface area contributed by atoms with E-state index in [-0.39, 0.29) is 23.0 Å². The molecule has 0 bridgehead atoms. The first-order chi connectivity index (χ1) is 16.7. The molecule has 2 amide bonds. The maximum atomic E-state index is 13.1. The van der Waals surface area contributed by atoms with Gasteiger partial charge in [0.25, 0.3) is 0 Å². The number of aromatic nitrogens is 4. The Labute approximate surface area is 201 Å². The fourth-order valence-corrected chi connectivity index (χ4v) is 5.00. The number of nitrogens with two attached hydrogens (primary N) is 1. The van der Waals surface area contributed by atoms with E-state index >= 15 is 0 Å². The Kier molecular flexibility index (Phi) is 5.57. The number of alkyl halides is 2. The Bertz CT molecular complexity index is 1250. The maximum Gasteiger partial charge on any atom is 0.387 e. The number of pyridine rings is 2. The van der Waals surface area contributed by atoms with Gasteiger partial charge < -0.3 is 20.7 Å². The second-order valence-electron chi connectivity index (χ2n) is 9.62. The molecule has 11 heteroatoms. The summed E-state index contributed by atoms with van der Waals surface area (Å²) in [5, 5.41) is 7.80. The molecule has 0 saturated carbocycles. The first kappa shape index (κ1) is 23.0. The lowest BCUT2D eigenvalue weighted by molar-refractivity contribution is -0.0494. The number of fused-ring (bicyclic) bond motifs is 2. The molecule has 1 fully saturated rings. The summed E-state index contributed by atoms with van der Waals surface area (Å²) in [4.78, 5) is 23.1. The molecular weight excluding hydrogens is 456 g/mol. The fourth-order valence-electron chi connectivity index (χ4n) is 5.00. The van der Waals surface area contributed by atoms with E-state index in [0.29, 0.717) is 24.3 Å². The first-order valence-electron chi connectivity index (χ1n) is 11.4. The predicted octanol–water partition coefficient (Wildman–Crippen LogP) is 3.52. The Morgan fingerprint density at radius 2 is 2.06 bits per heavy atom. The van der Waals surface area contributed by atoms with Gasteiger partial charge in [-0.15, -0.1) is 0 Å². The minimum absolute atomic E-state index is 0.107. The second-order valence-corrected chi connectivity index (χ2v) is 9.62. The zero-order valence-electron chi connectivity index (χ0n) is 19.5. The number of nitrogen functional groups attached to an aromatic ring is 1. The number of hydrogen-bond acceptors (Lipinski definition) is 6. The van der Waals surface area contributed by atoms with E-state index in [1.807, 2.05) is 41.6 Å². The van der Waals surface area contributed by atoms with Crippen molar-refractivity contribution in [2.45, 2.75) is 50.8 Å². The van der Waals surface area contributed by atoms with Crippen molar-refractivity contribution in [2.24, 2.45) is 0 Å². The lowest BCUT2D eigenvalue weighted by atomic mass is 9.82. The summed E-state index contributed by atoms with van der Waals surface area (Å²) in [7, 11) is 0. The Morgan fingerprint density at radius 3 is 2.80 bits per heavy atom. The third-order valence-electron chi connectivity index (χ3n) is 6.96. The van der Waals surface area contributed by atoms with Crippen molar-refractivity contribution in [3.05, 3.63) is 54.1 Å². The van der Waals surface area contributed by atoms with Gasteiger partial charge in [0, 0.05) is 54.9 Å². The highest BCUT2D eigenvalue weighted by Crippen LogP contribution is 2.44. The third-order valence-corrected chi connectivity index (χ3v) is 6.96. The van der Waals surface area contributed by atoms with Gasteiger partial charge >= 0.3 is 12.6 Å². The van der Waals surface area contributed by atoms with Crippen molar-refractivity contribution in [1.29, 1.82) is 0 Å². The van der Waals surface area contributed by atoms with Gasteiger partial charge in [0.05, 0.1) is 11.2 Å². The number of nitrogens with zero attached hydrogens (tertiary/aromatic N) is 5. The average molecular weight is 484 g/mol. The Hall–Kier alpha value is -3.76. The van der Waals surface area contributed by atoms with Crippen LogP contribution in [0.25, 0.3) is 11.3 Å². The van der Waals surface area contributed by atoms with Crippen LogP contribution in [0.1, 0.15) is 37.9 Å². The van der Waals surface area contributed by atoms with E-state index in [4.69, 9.17) is 5.73 Å². The van der Waals surface area contributed by atoms with Crippen LogP contribution in [0.3, 0.4) is 0 Å². The summed E-state index contributed by atoms with van der Waals surface area (Å²) in [5.41, 5.74) is 8.00. The molecule has 184 valence electrons. The Balaban J connectivity index is 1.34. The number of halogens is 2. The largest absolute Gasteiger partial charge is 0.431 e. The van der Waals surface area contributed by atoms with Crippen molar-refractivity contribution in [3.8, 4) is 17.0 Å². The number of likely N-dealkylation sites (tertiary alicyclic amines) is 1. The van der Waals surface area contributed by atoms with Gasteiger partial charge in [0.1, 0.15) is 0 Å². The number of carbonyl (C=O) groups excluding carboxylic acids is 1. The Morgan fingerprint density at radius 1 is 1.26 bits per heavy atom. The molecular formula is C24H27F2N7O2. The molecule has 35 heavy (non-hydrogen) atoms. The molecule has 0 radical (unpaired) electrons. The summed E-state index contributed by atoms with van der Waals surface area (Å²) < 4.78 is 31.8. The van der Waals surface area contributed by atoms with Crippen molar-refractivity contribution in [3.63, 3.8) is 0 Å². The smallest absolute Gasteiger partial charge is 0.387 e. The highest BCUT2D eigenvalue weighted by molar-refractivity contribution is 5.76. The zero-order valence-corrected chi connectivity index (χ0v) is 19.5. The number of rotatable bonds is 5. The van der Waals surface area contributed by atoms with Crippen LogP contribution in [-0.4, -0.2) is 50.4 Å². The summed E-state index contributed by atoms with van der Waals surface area (Å²) in [6, 6.07) is 7.05. The van der Waals surface area contributed by atoms with Crippen molar-refractivity contribution in [2.75, 3.05) is 18.8 Å². The summed E-state index contributed by atoms with van der Waals surface area (Å²) in [6.07, 6.45) is 6.65. The average Bonchev–Trinajstić information content (AvgIpc) is 3.52. The molecule has 2 aliphatic heterocycles. The van der Waals surface area contributed by atoms with Crippen LogP contribution < -0.4 is 15.8 Å². The van der Waals surface area contributed by atoms with Crippen LogP contribution in [0.15, 0.2) is 42.9 Å². The molecule has 2 aliphatic rings. The number of hydrogen-bond donors (Lipinski definition) is 2. The zero-order chi connectivity index (χ0) is 24.8. The fraction of sp³-hybridized carbons (Fsp3) is 0.417. The van der Waals surface area contributed by atoms with Crippen LogP contribution in [0.2, 0.25) is 0 Å².